The van der Waals surface area contributed by atoms with Crippen LogP contribution in [0.3, 0.4) is 0 Å². The molecule has 0 aromatic carbocycles. The molecule has 3 atom stereocenters. The van der Waals surface area contributed by atoms with Crippen molar-refractivity contribution in [3.63, 3.8) is 0 Å². The Kier molecular flexibility index (Phi) is 4.11. The van der Waals surface area contributed by atoms with Gasteiger partial charge >= 0.3 is 5.97 Å². The Hall–Kier alpha value is -0.610. The average molecular weight is 214 g/mol. The van der Waals surface area contributed by atoms with E-state index in [0.717, 1.165) is 13.0 Å². The van der Waals surface area contributed by atoms with Crippen LogP contribution in [0.1, 0.15) is 27.2 Å². The minimum atomic E-state index is -0.676. The minimum Gasteiger partial charge on any atom is -0.481 e. The predicted octanol–water partition coefficient (Wildman–Crippen LogP) is 0.778. The lowest BCUT2D eigenvalue weighted by Crippen LogP contribution is -2.59. The van der Waals surface area contributed by atoms with E-state index in [4.69, 9.17) is 5.11 Å². The third-order valence-corrected chi connectivity index (χ3v) is 3.49. The number of nitrogens with zero attached hydrogens (tertiary/aromatic N) is 1. The quantitative estimate of drug-likeness (QED) is 0.729. The molecule has 1 fully saturated rings. The largest absolute Gasteiger partial charge is 0.481 e. The third kappa shape index (κ3) is 2.49. The number of carbonyl (C=O) groups is 1. The molecule has 0 radical (unpaired) electrons. The Morgan fingerprint density at radius 1 is 1.53 bits per heavy atom. The van der Waals surface area contributed by atoms with Crippen LogP contribution in [0.2, 0.25) is 0 Å². The van der Waals surface area contributed by atoms with Gasteiger partial charge in [-0.25, -0.2) is 0 Å². The fourth-order valence-corrected chi connectivity index (χ4v) is 2.66. The normalized spacial score (nSPS) is 33.3. The van der Waals surface area contributed by atoms with Crippen LogP contribution in [-0.2, 0) is 4.79 Å². The summed E-state index contributed by atoms with van der Waals surface area (Å²) in [7, 11) is 1.85. The van der Waals surface area contributed by atoms with Gasteiger partial charge in [-0.3, -0.25) is 9.69 Å². The van der Waals surface area contributed by atoms with E-state index < -0.39 is 5.97 Å². The van der Waals surface area contributed by atoms with Crippen LogP contribution in [0.4, 0.5) is 0 Å². The molecule has 1 heterocycles. The lowest BCUT2D eigenvalue weighted by atomic mass is 9.85. The van der Waals surface area contributed by atoms with Gasteiger partial charge in [-0.15, -0.1) is 0 Å². The standard InChI is InChI=1S/C11H22N2O2/c1-7(2)13-6-5-9(11(14)15)10(12-4)8(13)3/h7-10,12H,5-6H2,1-4H3,(H,14,15). The Morgan fingerprint density at radius 3 is 2.53 bits per heavy atom. The first-order chi connectivity index (χ1) is 6.99. The third-order valence-electron chi connectivity index (χ3n) is 3.49. The van der Waals surface area contributed by atoms with E-state index in [9.17, 15) is 4.79 Å². The summed E-state index contributed by atoms with van der Waals surface area (Å²) in [5, 5.41) is 12.3. The molecule has 4 heteroatoms. The van der Waals surface area contributed by atoms with Crippen molar-refractivity contribution in [1.29, 1.82) is 0 Å². The monoisotopic (exact) mass is 214 g/mol. The summed E-state index contributed by atoms with van der Waals surface area (Å²) in [6.45, 7) is 7.30. The highest BCUT2D eigenvalue weighted by atomic mass is 16.4. The first-order valence-corrected chi connectivity index (χ1v) is 5.64. The molecule has 3 unspecified atom stereocenters. The minimum absolute atomic E-state index is 0.0543. The van der Waals surface area contributed by atoms with Crippen LogP contribution in [0, 0.1) is 5.92 Å². The van der Waals surface area contributed by atoms with E-state index in [-0.39, 0.29) is 18.0 Å². The molecule has 1 saturated heterocycles. The second-order valence-corrected chi connectivity index (χ2v) is 4.62. The summed E-state index contributed by atoms with van der Waals surface area (Å²) in [4.78, 5) is 13.4. The highest BCUT2D eigenvalue weighted by Crippen LogP contribution is 2.25. The second kappa shape index (κ2) is 4.94. The molecule has 1 aliphatic rings. The van der Waals surface area contributed by atoms with Crippen molar-refractivity contribution in [3.05, 3.63) is 0 Å². The van der Waals surface area contributed by atoms with Gasteiger partial charge in [0.05, 0.1) is 5.92 Å². The predicted molar refractivity (Wildman–Crippen MR) is 59.9 cm³/mol. The number of hydrogen-bond acceptors (Lipinski definition) is 3. The van der Waals surface area contributed by atoms with Gasteiger partial charge in [0.25, 0.3) is 0 Å². The molecule has 2 N–H and O–H groups in total. The molecule has 0 saturated carbocycles. The molecular formula is C11H22N2O2. The number of rotatable bonds is 3. The fourth-order valence-electron chi connectivity index (χ4n) is 2.66. The van der Waals surface area contributed by atoms with E-state index in [1.807, 2.05) is 7.05 Å². The lowest BCUT2D eigenvalue weighted by Gasteiger charge is -2.44. The highest BCUT2D eigenvalue weighted by molar-refractivity contribution is 5.71. The maximum Gasteiger partial charge on any atom is 0.308 e. The highest BCUT2D eigenvalue weighted by Gasteiger charge is 2.38. The van der Waals surface area contributed by atoms with Gasteiger partial charge in [0.1, 0.15) is 0 Å². The molecule has 1 rings (SSSR count). The van der Waals surface area contributed by atoms with E-state index in [1.165, 1.54) is 0 Å². The van der Waals surface area contributed by atoms with Crippen molar-refractivity contribution < 1.29 is 9.90 Å². The maximum absolute atomic E-state index is 11.1. The van der Waals surface area contributed by atoms with E-state index >= 15 is 0 Å². The Labute approximate surface area is 91.6 Å². The SMILES string of the molecule is CNC1C(C(=O)O)CCN(C(C)C)C1C. The van der Waals surface area contributed by atoms with Crippen LogP contribution in [0.5, 0.6) is 0 Å². The average Bonchev–Trinajstić information content (AvgIpc) is 2.16. The number of aliphatic carboxylic acids is 1. The van der Waals surface area contributed by atoms with Crippen LogP contribution in [0.25, 0.3) is 0 Å². The number of carboxylic acids is 1. The van der Waals surface area contributed by atoms with Crippen molar-refractivity contribution in [1.82, 2.24) is 10.2 Å². The molecule has 88 valence electrons. The molecule has 0 spiro atoms. The summed E-state index contributed by atoms with van der Waals surface area (Å²) >= 11 is 0. The zero-order chi connectivity index (χ0) is 11.6. The smallest absolute Gasteiger partial charge is 0.308 e. The number of nitrogens with one attached hydrogen (secondary N) is 1. The molecule has 4 nitrogen and oxygen atoms in total. The van der Waals surface area contributed by atoms with E-state index in [1.54, 1.807) is 0 Å². The van der Waals surface area contributed by atoms with Gasteiger partial charge in [-0.2, -0.15) is 0 Å². The van der Waals surface area contributed by atoms with E-state index in [2.05, 4.69) is 31.0 Å². The molecule has 0 bridgehead atoms. The molecule has 0 aromatic heterocycles. The first kappa shape index (κ1) is 12.5. The van der Waals surface area contributed by atoms with Crippen molar-refractivity contribution in [2.45, 2.75) is 45.3 Å². The molecule has 0 aromatic rings. The summed E-state index contributed by atoms with van der Waals surface area (Å²) in [6, 6.07) is 0.814. The van der Waals surface area contributed by atoms with Gasteiger partial charge < -0.3 is 10.4 Å². The van der Waals surface area contributed by atoms with Gasteiger partial charge in [0.2, 0.25) is 0 Å². The molecular weight excluding hydrogens is 192 g/mol. The topological polar surface area (TPSA) is 52.6 Å². The van der Waals surface area contributed by atoms with Crippen LogP contribution in [0.15, 0.2) is 0 Å². The first-order valence-electron chi connectivity index (χ1n) is 5.64. The van der Waals surface area contributed by atoms with E-state index in [0.29, 0.717) is 6.04 Å². The molecule has 15 heavy (non-hydrogen) atoms. The number of likely N-dealkylation sites (N-methyl/N-ethyl adjacent to an activating group) is 1. The number of likely N-dealkylation sites (tertiary alicyclic amines) is 1. The second-order valence-electron chi connectivity index (χ2n) is 4.62. The lowest BCUT2D eigenvalue weighted by molar-refractivity contribution is -0.145. The van der Waals surface area contributed by atoms with Crippen molar-refractivity contribution >= 4 is 5.97 Å². The van der Waals surface area contributed by atoms with Crippen LogP contribution in [-0.4, -0.2) is 47.7 Å². The van der Waals surface area contributed by atoms with Crippen LogP contribution >= 0.6 is 0 Å². The fraction of sp³-hybridized carbons (Fsp3) is 0.909. The summed E-state index contributed by atoms with van der Waals surface area (Å²) in [6.07, 6.45) is 0.739. The van der Waals surface area contributed by atoms with Crippen molar-refractivity contribution in [2.24, 2.45) is 5.92 Å². The van der Waals surface area contributed by atoms with Gasteiger partial charge in [-0.1, -0.05) is 0 Å². The Morgan fingerprint density at radius 2 is 2.13 bits per heavy atom. The molecule has 0 aliphatic carbocycles. The summed E-state index contributed by atoms with van der Waals surface area (Å²) < 4.78 is 0. The number of hydrogen-bond donors (Lipinski definition) is 2. The summed E-state index contributed by atoms with van der Waals surface area (Å²) in [5.41, 5.74) is 0. The van der Waals surface area contributed by atoms with Crippen molar-refractivity contribution in [3.8, 4) is 0 Å². The zero-order valence-electron chi connectivity index (χ0n) is 10.0. The molecule has 0 amide bonds. The Balaban J connectivity index is 2.77. The van der Waals surface area contributed by atoms with Gasteiger partial charge in [0, 0.05) is 18.1 Å². The van der Waals surface area contributed by atoms with Gasteiger partial charge in [0.15, 0.2) is 0 Å². The summed E-state index contributed by atoms with van der Waals surface area (Å²) in [5.74, 6) is -0.926. The Bertz CT molecular complexity index is 231. The van der Waals surface area contributed by atoms with Gasteiger partial charge in [-0.05, 0) is 40.8 Å². The maximum atomic E-state index is 11.1. The van der Waals surface area contributed by atoms with Crippen LogP contribution < -0.4 is 5.32 Å². The van der Waals surface area contributed by atoms with Crippen molar-refractivity contribution in [2.75, 3.05) is 13.6 Å². The molecule has 1 aliphatic heterocycles. The number of piperidine rings is 1. The number of carboxylic acid groups (broad SMARTS) is 1. The zero-order valence-corrected chi connectivity index (χ0v) is 10.0.